The Labute approximate surface area is 206 Å². The van der Waals surface area contributed by atoms with Crippen molar-refractivity contribution in [3.63, 3.8) is 0 Å². The highest BCUT2D eigenvalue weighted by molar-refractivity contribution is 7.87. The molecule has 0 aromatic heterocycles. The Morgan fingerprint density at radius 1 is 0.971 bits per heavy atom. The predicted octanol–water partition coefficient (Wildman–Crippen LogP) is 5.20. The van der Waals surface area contributed by atoms with Gasteiger partial charge in [-0.05, 0) is 13.8 Å². The van der Waals surface area contributed by atoms with Crippen molar-refractivity contribution in [2.75, 3.05) is 6.61 Å². The number of esters is 1. The molecule has 0 amide bonds. The average molecular weight is 483 g/mol. The summed E-state index contributed by atoms with van der Waals surface area (Å²) in [4.78, 5) is 13.1. The molecule has 0 fully saturated rings. The van der Waals surface area contributed by atoms with Crippen LogP contribution in [-0.4, -0.2) is 18.7 Å². The van der Waals surface area contributed by atoms with Gasteiger partial charge in [-0.1, -0.05) is 97.1 Å². The van der Waals surface area contributed by atoms with Crippen LogP contribution < -0.4 is 15.9 Å². The second-order valence-electron chi connectivity index (χ2n) is 8.04. The molecule has 35 heavy (non-hydrogen) atoms. The van der Waals surface area contributed by atoms with Gasteiger partial charge in [0, 0.05) is 22.3 Å². The van der Waals surface area contributed by atoms with E-state index in [4.69, 9.17) is 14.2 Å². The fourth-order valence-electron chi connectivity index (χ4n) is 4.06. The van der Waals surface area contributed by atoms with Crippen LogP contribution in [0.4, 0.5) is 0 Å². The van der Waals surface area contributed by atoms with Gasteiger partial charge < -0.3 is 9.47 Å². The van der Waals surface area contributed by atoms with Crippen molar-refractivity contribution in [1.29, 1.82) is 5.26 Å². The molecule has 0 aliphatic carbocycles. The van der Waals surface area contributed by atoms with Gasteiger partial charge >= 0.3 is 5.97 Å². The van der Waals surface area contributed by atoms with Gasteiger partial charge in [-0.3, -0.25) is 0 Å². The van der Waals surface area contributed by atoms with Gasteiger partial charge in [0.1, 0.15) is 11.7 Å². The van der Waals surface area contributed by atoms with E-state index in [1.165, 1.54) is 0 Å². The Morgan fingerprint density at radius 2 is 1.46 bits per heavy atom. The van der Waals surface area contributed by atoms with Crippen LogP contribution in [0.1, 0.15) is 20.3 Å². The first-order chi connectivity index (χ1) is 17.1. The minimum absolute atomic E-state index is 0.0749. The van der Waals surface area contributed by atoms with Crippen LogP contribution in [0.3, 0.4) is 0 Å². The molecule has 0 saturated heterocycles. The molecule has 3 aromatic rings. The van der Waals surface area contributed by atoms with E-state index in [2.05, 4.69) is 42.5 Å². The SMILES string of the molecule is CCOC(=O)C1=C(N=P(c2ccccc2)(c2ccccc2)c2ccccc2)OC(C)CC=C1C#N. The third-order valence-corrected chi connectivity index (χ3v) is 9.30. The molecule has 1 aliphatic rings. The molecular formula is C29H27N2O3P. The van der Waals surface area contributed by atoms with Gasteiger partial charge in [-0.25, -0.2) is 9.54 Å². The van der Waals surface area contributed by atoms with Crippen LogP contribution in [0.25, 0.3) is 0 Å². The summed E-state index contributed by atoms with van der Waals surface area (Å²) in [6.07, 6.45) is 1.94. The zero-order chi connectivity index (χ0) is 24.7. The van der Waals surface area contributed by atoms with Gasteiger partial charge in [-0.2, -0.15) is 5.26 Å². The van der Waals surface area contributed by atoms with E-state index in [1.807, 2.05) is 61.5 Å². The Hall–Kier alpha value is -3.87. The van der Waals surface area contributed by atoms with Gasteiger partial charge in [0.25, 0.3) is 0 Å². The fraction of sp³-hybridized carbons (Fsp3) is 0.172. The standard InChI is InChI=1S/C29H27N2O3P/c1-3-33-29(32)27-23(21-30)20-19-22(2)34-28(27)31-35(24-13-7-4-8-14-24,25-15-9-5-10-16-25)26-17-11-6-12-18-26/h4-18,20,22H,3,19H2,1-2H3. The molecule has 5 nitrogen and oxygen atoms in total. The maximum Gasteiger partial charge on any atom is 0.345 e. The Kier molecular flexibility index (Phi) is 7.65. The third kappa shape index (κ3) is 4.99. The lowest BCUT2D eigenvalue weighted by molar-refractivity contribution is -0.138. The van der Waals surface area contributed by atoms with Crippen molar-refractivity contribution < 1.29 is 14.3 Å². The molecule has 0 saturated carbocycles. The molecule has 176 valence electrons. The van der Waals surface area contributed by atoms with Gasteiger partial charge in [0.05, 0.1) is 25.3 Å². The first-order valence-corrected chi connectivity index (χ1v) is 13.3. The molecule has 4 rings (SSSR count). The maximum absolute atomic E-state index is 13.1. The molecular weight excluding hydrogens is 455 g/mol. The van der Waals surface area contributed by atoms with E-state index >= 15 is 0 Å². The van der Waals surface area contributed by atoms with E-state index in [1.54, 1.807) is 13.0 Å². The molecule has 1 unspecified atom stereocenters. The number of carbonyl (C=O) groups excluding carboxylic acids is 1. The lowest BCUT2D eigenvalue weighted by atomic mass is 10.1. The summed E-state index contributed by atoms with van der Waals surface area (Å²) in [5, 5.41) is 12.9. The van der Waals surface area contributed by atoms with Crippen LogP contribution in [0, 0.1) is 11.3 Å². The van der Waals surface area contributed by atoms with E-state index in [0.717, 1.165) is 15.9 Å². The summed E-state index contributed by atoms with van der Waals surface area (Å²) in [6.45, 7) is 3.82. The van der Waals surface area contributed by atoms with Gasteiger partial charge in [0.15, 0.2) is 0 Å². The second-order valence-corrected chi connectivity index (χ2v) is 11.1. The van der Waals surface area contributed by atoms with Crippen molar-refractivity contribution in [3.8, 4) is 6.07 Å². The Bertz CT molecular complexity index is 1240. The van der Waals surface area contributed by atoms with Crippen LogP contribution in [0.15, 0.2) is 119 Å². The monoisotopic (exact) mass is 482 g/mol. The summed E-state index contributed by atoms with van der Waals surface area (Å²) in [7, 11) is -2.70. The minimum atomic E-state index is -2.70. The second kappa shape index (κ2) is 11.0. The number of ether oxygens (including phenoxy) is 2. The number of nitrogens with zero attached hydrogens (tertiary/aromatic N) is 2. The van der Waals surface area contributed by atoms with Gasteiger partial charge in [-0.15, -0.1) is 0 Å². The molecule has 1 heterocycles. The maximum atomic E-state index is 13.1. The van der Waals surface area contributed by atoms with Crippen molar-refractivity contribution >= 4 is 28.9 Å². The molecule has 3 aromatic carbocycles. The zero-order valence-corrected chi connectivity index (χ0v) is 20.7. The zero-order valence-electron chi connectivity index (χ0n) is 19.8. The third-order valence-electron chi connectivity index (χ3n) is 5.68. The highest BCUT2D eigenvalue weighted by Crippen LogP contribution is 2.49. The van der Waals surface area contributed by atoms with Crippen molar-refractivity contribution in [3.05, 3.63) is 114 Å². The van der Waals surface area contributed by atoms with Crippen LogP contribution >= 0.6 is 7.05 Å². The Balaban J connectivity index is 2.17. The summed E-state index contributed by atoms with van der Waals surface area (Å²) in [6, 6.07) is 32.4. The van der Waals surface area contributed by atoms with E-state index in [-0.39, 0.29) is 29.7 Å². The summed E-state index contributed by atoms with van der Waals surface area (Å²) in [5.41, 5.74) is 0.296. The number of nitriles is 1. The van der Waals surface area contributed by atoms with E-state index in [0.29, 0.717) is 6.42 Å². The quantitative estimate of drug-likeness (QED) is 0.358. The average Bonchev–Trinajstić information content (AvgIpc) is 3.06. The lowest BCUT2D eigenvalue weighted by Crippen LogP contribution is -2.26. The van der Waals surface area contributed by atoms with Crippen LogP contribution in [-0.2, 0) is 14.3 Å². The molecule has 1 aliphatic heterocycles. The predicted molar refractivity (Wildman–Crippen MR) is 140 cm³/mol. The Morgan fingerprint density at radius 3 is 1.89 bits per heavy atom. The highest BCUT2D eigenvalue weighted by atomic mass is 31.2. The van der Waals surface area contributed by atoms with Gasteiger partial charge in [0.2, 0.25) is 5.88 Å². The van der Waals surface area contributed by atoms with E-state index < -0.39 is 13.0 Å². The number of rotatable bonds is 6. The largest absolute Gasteiger partial charge is 0.474 e. The number of benzene rings is 3. The highest BCUT2D eigenvalue weighted by Gasteiger charge is 2.32. The van der Waals surface area contributed by atoms with Crippen LogP contribution in [0.2, 0.25) is 0 Å². The summed E-state index contributed by atoms with van der Waals surface area (Å²) < 4.78 is 17.0. The normalized spacial score (nSPS) is 15.8. The molecule has 1 atom stereocenters. The molecule has 0 bridgehead atoms. The van der Waals surface area contributed by atoms with Crippen LogP contribution in [0.5, 0.6) is 0 Å². The molecule has 0 N–H and O–H groups in total. The summed E-state index contributed by atoms with van der Waals surface area (Å²) in [5.74, 6) is -0.466. The first-order valence-electron chi connectivity index (χ1n) is 11.6. The smallest absolute Gasteiger partial charge is 0.345 e. The number of hydrogen-bond donors (Lipinski definition) is 0. The molecule has 6 heteroatoms. The summed E-state index contributed by atoms with van der Waals surface area (Å²) >= 11 is 0. The lowest BCUT2D eigenvalue weighted by Gasteiger charge is -2.28. The minimum Gasteiger partial charge on any atom is -0.474 e. The van der Waals surface area contributed by atoms with Crippen molar-refractivity contribution in [1.82, 2.24) is 0 Å². The number of hydrogen-bond acceptors (Lipinski definition) is 5. The molecule has 0 radical (unpaired) electrons. The van der Waals surface area contributed by atoms with Crippen molar-refractivity contribution in [2.24, 2.45) is 4.74 Å². The van der Waals surface area contributed by atoms with E-state index in [9.17, 15) is 10.1 Å². The number of carbonyl (C=O) groups is 1. The molecule has 0 spiro atoms. The first kappa shape index (κ1) is 24.3. The topological polar surface area (TPSA) is 71.7 Å². The van der Waals surface area contributed by atoms with Crippen molar-refractivity contribution in [2.45, 2.75) is 26.4 Å². The fourth-order valence-corrected chi connectivity index (χ4v) is 7.53.